The van der Waals surface area contributed by atoms with Gasteiger partial charge in [-0.3, -0.25) is 9.59 Å². The smallest absolute Gasteiger partial charge is 0.203 e. The molecule has 38 heavy (non-hydrogen) atoms. The van der Waals surface area contributed by atoms with E-state index >= 15 is 0 Å². The maximum Gasteiger partial charge on any atom is 0.203 e. The first-order valence-corrected chi connectivity index (χ1v) is 11.5. The maximum atomic E-state index is 12.7. The lowest BCUT2D eigenvalue weighted by molar-refractivity contribution is 0.103. The molecular formula is C30H30O8. The van der Waals surface area contributed by atoms with Gasteiger partial charge in [-0.05, 0) is 47.5 Å². The molecule has 0 atom stereocenters. The van der Waals surface area contributed by atoms with Gasteiger partial charge in [0.25, 0.3) is 0 Å². The second-order valence-electron chi connectivity index (χ2n) is 7.89. The monoisotopic (exact) mass is 518 g/mol. The predicted molar refractivity (Wildman–Crippen MR) is 145 cm³/mol. The van der Waals surface area contributed by atoms with Gasteiger partial charge in [0.05, 0.1) is 42.7 Å². The van der Waals surface area contributed by atoms with Gasteiger partial charge in [0.2, 0.25) is 11.5 Å². The molecule has 0 heterocycles. The Morgan fingerprint density at radius 2 is 0.789 bits per heavy atom. The van der Waals surface area contributed by atoms with Crippen molar-refractivity contribution in [3.63, 3.8) is 0 Å². The van der Waals surface area contributed by atoms with Crippen LogP contribution in [0.1, 0.15) is 31.8 Å². The third kappa shape index (κ3) is 6.34. The van der Waals surface area contributed by atoms with Gasteiger partial charge in [-0.25, -0.2) is 0 Å². The molecule has 0 aliphatic rings. The van der Waals surface area contributed by atoms with Crippen LogP contribution in [0.25, 0.3) is 12.2 Å². The average molecular weight is 519 g/mol. The van der Waals surface area contributed by atoms with Gasteiger partial charge >= 0.3 is 0 Å². The number of ketones is 2. The second kappa shape index (κ2) is 13.0. The quantitative estimate of drug-likeness (QED) is 0.228. The second-order valence-corrected chi connectivity index (χ2v) is 7.89. The zero-order valence-corrected chi connectivity index (χ0v) is 22.2. The fourth-order valence-electron chi connectivity index (χ4n) is 3.73. The van der Waals surface area contributed by atoms with E-state index in [4.69, 9.17) is 28.4 Å². The van der Waals surface area contributed by atoms with Crippen molar-refractivity contribution in [2.75, 3.05) is 42.7 Å². The topological polar surface area (TPSA) is 89.5 Å². The summed E-state index contributed by atoms with van der Waals surface area (Å²) in [6.45, 7) is 0. The van der Waals surface area contributed by atoms with Crippen LogP contribution in [0.15, 0.2) is 60.7 Å². The van der Waals surface area contributed by atoms with E-state index in [1.165, 1.54) is 54.8 Å². The normalized spacial score (nSPS) is 10.9. The van der Waals surface area contributed by atoms with Crippen molar-refractivity contribution in [2.24, 2.45) is 0 Å². The molecule has 0 unspecified atom stereocenters. The molecule has 0 spiro atoms. The van der Waals surface area contributed by atoms with E-state index in [9.17, 15) is 9.59 Å². The van der Waals surface area contributed by atoms with Crippen molar-refractivity contribution >= 4 is 23.7 Å². The van der Waals surface area contributed by atoms with E-state index in [1.807, 2.05) is 0 Å². The SMILES string of the molecule is COc1cc(/C=C/C(=O)c2ccc(C(=O)/C=C/c3cc(OC)c(OC)c(OC)c3)cc2)cc(OC)c1OC. The molecule has 3 aromatic rings. The number of allylic oxidation sites excluding steroid dienone is 2. The Morgan fingerprint density at radius 1 is 0.500 bits per heavy atom. The molecule has 8 nitrogen and oxygen atoms in total. The van der Waals surface area contributed by atoms with Crippen LogP contribution in [0.3, 0.4) is 0 Å². The Morgan fingerprint density at radius 3 is 1.03 bits per heavy atom. The number of hydrogen-bond acceptors (Lipinski definition) is 8. The van der Waals surface area contributed by atoms with Crippen LogP contribution in [0.2, 0.25) is 0 Å². The molecule has 0 amide bonds. The first-order valence-electron chi connectivity index (χ1n) is 11.5. The largest absolute Gasteiger partial charge is 0.493 e. The summed E-state index contributed by atoms with van der Waals surface area (Å²) in [5.41, 5.74) is 2.30. The molecule has 0 aliphatic heterocycles. The van der Waals surface area contributed by atoms with Crippen LogP contribution in [0, 0.1) is 0 Å². The number of methoxy groups -OCH3 is 6. The van der Waals surface area contributed by atoms with Gasteiger partial charge in [0.15, 0.2) is 34.6 Å². The molecule has 0 fully saturated rings. The molecule has 0 saturated carbocycles. The van der Waals surface area contributed by atoms with E-state index in [1.54, 1.807) is 60.7 Å². The Bertz CT molecular complexity index is 1200. The van der Waals surface area contributed by atoms with Crippen LogP contribution < -0.4 is 28.4 Å². The summed E-state index contributed by atoms with van der Waals surface area (Å²) in [7, 11) is 9.16. The molecule has 8 heteroatoms. The lowest BCUT2D eigenvalue weighted by atomic mass is 10.0. The predicted octanol–water partition coefficient (Wildman–Crippen LogP) is 5.53. The van der Waals surface area contributed by atoms with E-state index in [-0.39, 0.29) is 11.6 Å². The minimum absolute atomic E-state index is 0.217. The van der Waals surface area contributed by atoms with E-state index in [0.29, 0.717) is 56.8 Å². The van der Waals surface area contributed by atoms with Gasteiger partial charge in [-0.2, -0.15) is 0 Å². The highest BCUT2D eigenvalue weighted by molar-refractivity contribution is 6.09. The summed E-state index contributed by atoms with van der Waals surface area (Å²) < 4.78 is 32.0. The summed E-state index contributed by atoms with van der Waals surface area (Å²) in [6, 6.07) is 13.4. The van der Waals surface area contributed by atoms with E-state index in [2.05, 4.69) is 0 Å². The molecule has 0 aromatic heterocycles. The van der Waals surface area contributed by atoms with Gasteiger partial charge in [-0.15, -0.1) is 0 Å². The standard InChI is InChI=1S/C30H30O8/c1-33-25-15-19(16-26(34-2)29(25)37-5)7-13-23(31)21-9-11-22(12-10-21)24(32)14-8-20-17-27(35-3)30(38-6)28(18-20)36-4/h7-18H,1-6H3/b13-7+,14-8+. The van der Waals surface area contributed by atoms with Gasteiger partial charge in [0, 0.05) is 11.1 Å². The van der Waals surface area contributed by atoms with Gasteiger partial charge < -0.3 is 28.4 Å². The van der Waals surface area contributed by atoms with Gasteiger partial charge in [0.1, 0.15) is 0 Å². The molecule has 0 N–H and O–H groups in total. The summed E-state index contributed by atoms with van der Waals surface area (Å²) in [5, 5.41) is 0. The zero-order valence-electron chi connectivity index (χ0n) is 22.2. The van der Waals surface area contributed by atoms with Crippen molar-refractivity contribution in [1.82, 2.24) is 0 Å². The van der Waals surface area contributed by atoms with Crippen molar-refractivity contribution < 1.29 is 38.0 Å². The number of ether oxygens (including phenoxy) is 6. The number of carbonyl (C=O) groups is 2. The third-order valence-electron chi connectivity index (χ3n) is 5.68. The first kappa shape index (κ1) is 27.9. The lowest BCUT2D eigenvalue weighted by Crippen LogP contribution is -1.99. The fourth-order valence-corrected chi connectivity index (χ4v) is 3.73. The Kier molecular flexibility index (Phi) is 9.54. The number of benzene rings is 3. The minimum atomic E-state index is -0.217. The molecular weight excluding hydrogens is 488 g/mol. The summed E-state index contributed by atoms with van der Waals surface area (Å²) in [6.07, 6.45) is 6.21. The maximum absolute atomic E-state index is 12.7. The highest BCUT2D eigenvalue weighted by Crippen LogP contribution is 2.39. The zero-order chi connectivity index (χ0) is 27.7. The first-order chi connectivity index (χ1) is 18.4. The Hall–Kier alpha value is -4.72. The van der Waals surface area contributed by atoms with Crippen LogP contribution >= 0.6 is 0 Å². The lowest BCUT2D eigenvalue weighted by Gasteiger charge is -2.12. The fraction of sp³-hybridized carbons (Fsp3) is 0.200. The van der Waals surface area contributed by atoms with E-state index < -0.39 is 0 Å². The van der Waals surface area contributed by atoms with E-state index in [0.717, 1.165) is 0 Å². The average Bonchev–Trinajstić information content (AvgIpc) is 2.97. The summed E-state index contributed by atoms with van der Waals surface area (Å²) >= 11 is 0. The summed E-state index contributed by atoms with van der Waals surface area (Å²) in [4.78, 5) is 25.4. The highest BCUT2D eigenvalue weighted by atomic mass is 16.5. The van der Waals surface area contributed by atoms with Crippen molar-refractivity contribution in [2.45, 2.75) is 0 Å². The van der Waals surface area contributed by atoms with Crippen LogP contribution in [-0.4, -0.2) is 54.2 Å². The number of hydrogen-bond donors (Lipinski definition) is 0. The Labute approximate surface area is 222 Å². The van der Waals surface area contributed by atoms with Crippen molar-refractivity contribution in [3.05, 3.63) is 82.9 Å². The molecule has 0 aliphatic carbocycles. The molecule has 3 aromatic carbocycles. The number of carbonyl (C=O) groups excluding carboxylic acids is 2. The van der Waals surface area contributed by atoms with Crippen molar-refractivity contribution in [1.29, 1.82) is 0 Å². The molecule has 0 saturated heterocycles. The number of rotatable bonds is 12. The molecule has 0 radical (unpaired) electrons. The van der Waals surface area contributed by atoms with Crippen molar-refractivity contribution in [3.8, 4) is 34.5 Å². The Balaban J connectivity index is 1.74. The van der Waals surface area contributed by atoms with Crippen LogP contribution in [0.4, 0.5) is 0 Å². The van der Waals surface area contributed by atoms with Crippen LogP contribution in [0.5, 0.6) is 34.5 Å². The van der Waals surface area contributed by atoms with Crippen LogP contribution in [-0.2, 0) is 0 Å². The molecule has 198 valence electrons. The highest BCUT2D eigenvalue weighted by Gasteiger charge is 2.14. The van der Waals surface area contributed by atoms with Gasteiger partial charge in [-0.1, -0.05) is 36.4 Å². The molecule has 0 bridgehead atoms. The third-order valence-corrected chi connectivity index (χ3v) is 5.68. The minimum Gasteiger partial charge on any atom is -0.493 e. The summed E-state index contributed by atoms with van der Waals surface area (Å²) in [5.74, 6) is 2.46. The molecule has 3 rings (SSSR count).